The van der Waals surface area contributed by atoms with Gasteiger partial charge >= 0.3 is 12.2 Å². The highest BCUT2D eigenvalue weighted by Gasteiger charge is 2.53. The van der Waals surface area contributed by atoms with E-state index >= 15 is 0 Å². The number of ether oxygens (including phenoxy) is 2. The standard InChI is InChI=1S/C31H42ClN6O4/c1-19(2)34-27-33-16-13-23(35-27)24-25(20-9-11-22(32)12-10-20)36-37-26(24)21-14-17-38(18-15-21,28(39)41-30(3,4)5)29(40)42-31(6,7)8/h9-13,16,19,21H,14-15,17-18H2,1-8H3,(H,36,37)(H,33,34,35)/q+1. The molecule has 42 heavy (non-hydrogen) atoms. The SMILES string of the molecule is CC(C)Nc1nccc(-c2c(-c3ccc(Cl)cc3)n[nH]c2C2CC[N+](C(=O)OC(C)(C)C)(C(=O)OC(C)(C)C)CC2)n1. The van der Waals surface area contributed by atoms with Crippen molar-refractivity contribution < 1.29 is 23.5 Å². The van der Waals surface area contributed by atoms with Gasteiger partial charge in [-0.2, -0.15) is 14.7 Å². The molecule has 0 aliphatic carbocycles. The number of benzene rings is 1. The minimum absolute atomic E-state index is 0.0267. The van der Waals surface area contributed by atoms with Crippen LogP contribution in [0.2, 0.25) is 5.02 Å². The maximum absolute atomic E-state index is 13.5. The second-order valence-electron chi connectivity index (χ2n) is 13.1. The Morgan fingerprint density at radius 3 is 2.07 bits per heavy atom. The summed E-state index contributed by atoms with van der Waals surface area (Å²) in [6.07, 6.45) is 1.58. The summed E-state index contributed by atoms with van der Waals surface area (Å²) in [7, 11) is 0. The van der Waals surface area contributed by atoms with Crippen LogP contribution in [0, 0.1) is 0 Å². The van der Waals surface area contributed by atoms with Gasteiger partial charge < -0.3 is 14.8 Å². The van der Waals surface area contributed by atoms with Crippen molar-refractivity contribution in [2.45, 2.75) is 91.4 Å². The zero-order chi connectivity index (χ0) is 30.9. The van der Waals surface area contributed by atoms with E-state index in [1.54, 1.807) is 47.7 Å². The number of carbonyl (C=O) groups excluding carboxylic acids is 2. The number of aromatic amines is 1. The third-order valence-electron chi connectivity index (χ3n) is 6.85. The first-order valence-corrected chi connectivity index (χ1v) is 14.7. The number of nitrogens with zero attached hydrogens (tertiary/aromatic N) is 4. The molecule has 0 atom stereocenters. The van der Waals surface area contributed by atoms with E-state index in [-0.39, 0.29) is 25.0 Å². The van der Waals surface area contributed by atoms with Gasteiger partial charge in [0, 0.05) is 52.8 Å². The first kappa shape index (κ1) is 31.4. The predicted octanol–water partition coefficient (Wildman–Crippen LogP) is 7.57. The molecule has 3 aromatic rings. The molecular weight excluding hydrogens is 556 g/mol. The van der Waals surface area contributed by atoms with Crippen LogP contribution in [0.1, 0.15) is 79.8 Å². The van der Waals surface area contributed by atoms with E-state index in [4.69, 9.17) is 31.2 Å². The lowest BCUT2D eigenvalue weighted by Crippen LogP contribution is -2.62. The third kappa shape index (κ3) is 7.28. The highest BCUT2D eigenvalue weighted by atomic mass is 35.5. The molecular formula is C31H42ClN6O4+. The number of aromatic nitrogens is 4. The lowest BCUT2D eigenvalue weighted by atomic mass is 9.88. The molecule has 0 spiro atoms. The normalized spacial score (nSPS) is 15.9. The molecule has 0 unspecified atom stereocenters. The number of carbonyl (C=O) groups is 2. The van der Waals surface area contributed by atoms with Crippen LogP contribution in [-0.2, 0) is 9.47 Å². The van der Waals surface area contributed by atoms with Crippen LogP contribution in [0.5, 0.6) is 0 Å². The van der Waals surface area contributed by atoms with Gasteiger partial charge in [0.25, 0.3) is 0 Å². The number of anilines is 1. The van der Waals surface area contributed by atoms with E-state index in [1.165, 1.54) is 0 Å². The number of imide groups is 1. The molecule has 1 saturated heterocycles. The Labute approximate surface area is 252 Å². The van der Waals surface area contributed by atoms with Gasteiger partial charge in [0.05, 0.1) is 5.69 Å². The monoisotopic (exact) mass is 597 g/mol. The van der Waals surface area contributed by atoms with Crippen LogP contribution in [0.25, 0.3) is 22.5 Å². The Hall–Kier alpha value is -3.50. The van der Waals surface area contributed by atoms with Gasteiger partial charge in [-0.25, -0.2) is 9.97 Å². The fraction of sp³-hybridized carbons (Fsp3) is 0.516. The van der Waals surface area contributed by atoms with Crippen molar-refractivity contribution in [3.63, 3.8) is 0 Å². The Kier molecular flexibility index (Phi) is 8.99. The fourth-order valence-corrected chi connectivity index (χ4v) is 5.11. The molecule has 0 saturated carbocycles. The van der Waals surface area contributed by atoms with E-state index in [0.717, 1.165) is 22.5 Å². The molecule has 226 valence electrons. The van der Waals surface area contributed by atoms with Crippen LogP contribution in [0.15, 0.2) is 36.5 Å². The van der Waals surface area contributed by atoms with E-state index in [9.17, 15) is 9.59 Å². The van der Waals surface area contributed by atoms with Gasteiger partial charge in [-0.1, -0.05) is 23.7 Å². The lowest BCUT2D eigenvalue weighted by Gasteiger charge is -2.39. The Morgan fingerprint density at radius 1 is 0.976 bits per heavy atom. The maximum Gasteiger partial charge on any atom is 0.527 e. The molecule has 1 fully saturated rings. The summed E-state index contributed by atoms with van der Waals surface area (Å²) in [5, 5.41) is 11.9. The van der Waals surface area contributed by atoms with Crippen LogP contribution < -0.4 is 5.32 Å². The summed E-state index contributed by atoms with van der Waals surface area (Å²) in [4.78, 5) is 36.3. The van der Waals surface area contributed by atoms with Crippen molar-refractivity contribution in [3.05, 3.63) is 47.2 Å². The quantitative estimate of drug-likeness (QED) is 0.289. The molecule has 0 bridgehead atoms. The summed E-state index contributed by atoms with van der Waals surface area (Å²) in [5.74, 6) is 0.493. The van der Waals surface area contributed by atoms with Gasteiger partial charge in [-0.15, -0.1) is 4.48 Å². The number of likely N-dealkylation sites (tertiary alicyclic amines) is 1. The van der Waals surface area contributed by atoms with Crippen molar-refractivity contribution in [3.8, 4) is 22.5 Å². The summed E-state index contributed by atoms with van der Waals surface area (Å²) in [5.41, 5.74) is 2.58. The minimum Gasteiger partial charge on any atom is -0.414 e. The summed E-state index contributed by atoms with van der Waals surface area (Å²) in [6, 6.07) is 9.53. The Bertz CT molecular complexity index is 1380. The average molecular weight is 598 g/mol. The van der Waals surface area contributed by atoms with E-state index in [1.807, 2.05) is 44.2 Å². The molecule has 0 radical (unpaired) electrons. The zero-order valence-corrected chi connectivity index (χ0v) is 26.5. The van der Waals surface area contributed by atoms with Crippen LogP contribution in [0.3, 0.4) is 0 Å². The number of rotatable bonds is 5. The highest BCUT2D eigenvalue weighted by molar-refractivity contribution is 6.30. The van der Waals surface area contributed by atoms with Crippen molar-refractivity contribution >= 4 is 29.7 Å². The molecule has 2 aromatic heterocycles. The molecule has 3 heterocycles. The number of nitrogens with one attached hydrogen (secondary N) is 2. The number of halogens is 1. The molecule has 1 aliphatic heterocycles. The molecule has 1 aromatic carbocycles. The van der Waals surface area contributed by atoms with Gasteiger partial charge in [0.15, 0.2) is 0 Å². The van der Waals surface area contributed by atoms with Crippen molar-refractivity contribution in [2.75, 3.05) is 18.4 Å². The van der Waals surface area contributed by atoms with E-state index < -0.39 is 27.9 Å². The number of amides is 2. The third-order valence-corrected chi connectivity index (χ3v) is 7.11. The fourth-order valence-electron chi connectivity index (χ4n) is 4.99. The van der Waals surface area contributed by atoms with Gasteiger partial charge in [0.1, 0.15) is 30.0 Å². The number of H-pyrrole nitrogens is 1. The highest BCUT2D eigenvalue weighted by Crippen LogP contribution is 2.41. The molecule has 10 nitrogen and oxygen atoms in total. The molecule has 2 amide bonds. The molecule has 2 N–H and O–H groups in total. The number of quaternary nitrogens is 1. The lowest BCUT2D eigenvalue weighted by molar-refractivity contribution is -0.794. The first-order valence-electron chi connectivity index (χ1n) is 14.4. The van der Waals surface area contributed by atoms with Crippen molar-refractivity contribution in [1.82, 2.24) is 20.2 Å². The Morgan fingerprint density at radius 2 is 1.55 bits per heavy atom. The predicted molar refractivity (Wildman–Crippen MR) is 163 cm³/mol. The van der Waals surface area contributed by atoms with Crippen molar-refractivity contribution in [1.29, 1.82) is 0 Å². The number of hydrogen-bond donors (Lipinski definition) is 2. The largest absolute Gasteiger partial charge is 0.527 e. The Balaban J connectivity index is 1.73. The summed E-state index contributed by atoms with van der Waals surface area (Å²) < 4.78 is 11.0. The number of piperidine rings is 1. The average Bonchev–Trinajstić information content (AvgIpc) is 3.32. The minimum atomic E-state index is -0.750. The van der Waals surface area contributed by atoms with Crippen LogP contribution in [-0.4, -0.2) is 67.2 Å². The van der Waals surface area contributed by atoms with Crippen LogP contribution >= 0.6 is 11.6 Å². The van der Waals surface area contributed by atoms with E-state index in [0.29, 0.717) is 29.5 Å². The molecule has 11 heteroatoms. The summed E-state index contributed by atoms with van der Waals surface area (Å²) in [6.45, 7) is 15.3. The second-order valence-corrected chi connectivity index (χ2v) is 13.5. The molecule has 4 rings (SSSR count). The molecule has 1 aliphatic rings. The summed E-state index contributed by atoms with van der Waals surface area (Å²) >= 11 is 6.18. The van der Waals surface area contributed by atoms with Crippen LogP contribution in [0.4, 0.5) is 15.5 Å². The zero-order valence-electron chi connectivity index (χ0n) is 25.7. The first-order chi connectivity index (χ1) is 19.6. The maximum atomic E-state index is 13.5. The van der Waals surface area contributed by atoms with Gasteiger partial charge in [-0.3, -0.25) is 5.10 Å². The topological polar surface area (TPSA) is 119 Å². The second kappa shape index (κ2) is 12.0. The van der Waals surface area contributed by atoms with Gasteiger partial charge in [-0.05, 0) is 73.6 Å². The smallest absolute Gasteiger partial charge is 0.414 e. The van der Waals surface area contributed by atoms with E-state index in [2.05, 4.69) is 15.4 Å². The van der Waals surface area contributed by atoms with Gasteiger partial charge in [0.2, 0.25) is 5.95 Å². The van der Waals surface area contributed by atoms with Crippen molar-refractivity contribution in [2.24, 2.45) is 0 Å². The number of hydrogen-bond acceptors (Lipinski definition) is 8.